The molecule has 0 spiro atoms. The van der Waals surface area contributed by atoms with Crippen LogP contribution in [0.4, 0.5) is 4.39 Å². The largest absolute Gasteiger partial charge is 0.375 e. The van der Waals surface area contributed by atoms with Gasteiger partial charge in [-0.25, -0.2) is 4.39 Å². The van der Waals surface area contributed by atoms with Crippen LogP contribution in [-0.4, -0.2) is 12.1 Å². The van der Waals surface area contributed by atoms with Crippen LogP contribution in [-0.2, 0) is 11.3 Å². The van der Waals surface area contributed by atoms with Crippen molar-refractivity contribution in [2.75, 3.05) is 6.61 Å². The van der Waals surface area contributed by atoms with Gasteiger partial charge in [-0.05, 0) is 25.5 Å². The maximum absolute atomic E-state index is 13.0. The van der Waals surface area contributed by atoms with Crippen molar-refractivity contribution in [1.29, 1.82) is 0 Å². The van der Waals surface area contributed by atoms with Gasteiger partial charge in [-0.15, -0.1) is 0 Å². The number of nitrogens with two attached hydrogens (primary N) is 1. The molecule has 0 unspecified atom stereocenters. The van der Waals surface area contributed by atoms with Gasteiger partial charge in [-0.3, -0.25) is 0 Å². The molecule has 0 aromatic heterocycles. The minimum Gasteiger partial charge on any atom is -0.375 e. The smallest absolute Gasteiger partial charge is 0.142 e. The quantitative estimate of drug-likeness (QED) is 0.865. The summed E-state index contributed by atoms with van der Waals surface area (Å²) in [6.07, 6.45) is 0. The standard InChI is InChI=1S/C11H15ClFNO/c1-11(2,14)7-15-6-8-4-3-5-9(13)10(8)12/h3-5H,6-7,14H2,1-2H3. The summed E-state index contributed by atoms with van der Waals surface area (Å²) in [6, 6.07) is 4.65. The van der Waals surface area contributed by atoms with Gasteiger partial charge in [0, 0.05) is 5.54 Å². The van der Waals surface area contributed by atoms with Crippen LogP contribution in [0.25, 0.3) is 0 Å². The molecule has 1 aromatic rings. The van der Waals surface area contributed by atoms with Crippen molar-refractivity contribution in [1.82, 2.24) is 0 Å². The fraction of sp³-hybridized carbons (Fsp3) is 0.455. The second kappa shape index (κ2) is 4.92. The lowest BCUT2D eigenvalue weighted by molar-refractivity contribution is 0.0850. The Hall–Kier alpha value is -0.640. The molecule has 0 bridgehead atoms. The zero-order valence-corrected chi connectivity index (χ0v) is 9.64. The highest BCUT2D eigenvalue weighted by atomic mass is 35.5. The predicted octanol–water partition coefficient (Wildman–Crippen LogP) is 2.73. The van der Waals surface area contributed by atoms with E-state index in [9.17, 15) is 4.39 Å². The van der Waals surface area contributed by atoms with Crippen molar-refractivity contribution in [3.05, 3.63) is 34.6 Å². The van der Waals surface area contributed by atoms with Crippen LogP contribution in [0.3, 0.4) is 0 Å². The maximum Gasteiger partial charge on any atom is 0.142 e. The average molecular weight is 232 g/mol. The summed E-state index contributed by atoms with van der Waals surface area (Å²) in [5.74, 6) is -0.426. The van der Waals surface area contributed by atoms with Gasteiger partial charge in [0.15, 0.2) is 0 Å². The summed E-state index contributed by atoms with van der Waals surface area (Å²) in [5, 5.41) is 0.118. The summed E-state index contributed by atoms with van der Waals surface area (Å²) in [4.78, 5) is 0. The van der Waals surface area contributed by atoms with E-state index in [2.05, 4.69) is 0 Å². The third kappa shape index (κ3) is 4.16. The summed E-state index contributed by atoms with van der Waals surface area (Å²) in [7, 11) is 0. The van der Waals surface area contributed by atoms with E-state index >= 15 is 0 Å². The normalized spacial score (nSPS) is 11.8. The molecule has 0 fully saturated rings. The van der Waals surface area contributed by atoms with E-state index in [4.69, 9.17) is 22.1 Å². The highest BCUT2D eigenvalue weighted by Crippen LogP contribution is 2.20. The molecule has 0 radical (unpaired) electrons. The van der Waals surface area contributed by atoms with Crippen molar-refractivity contribution < 1.29 is 9.13 Å². The van der Waals surface area contributed by atoms with E-state index in [0.717, 1.165) is 0 Å². The molecule has 15 heavy (non-hydrogen) atoms. The molecule has 4 heteroatoms. The topological polar surface area (TPSA) is 35.2 Å². The number of ether oxygens (including phenoxy) is 1. The van der Waals surface area contributed by atoms with Gasteiger partial charge in [0.25, 0.3) is 0 Å². The molecule has 0 aliphatic rings. The molecular weight excluding hydrogens is 217 g/mol. The minimum absolute atomic E-state index is 0.118. The van der Waals surface area contributed by atoms with E-state index in [1.54, 1.807) is 12.1 Å². The maximum atomic E-state index is 13.0. The molecule has 84 valence electrons. The van der Waals surface area contributed by atoms with Gasteiger partial charge in [-0.1, -0.05) is 23.7 Å². The molecule has 1 rings (SSSR count). The summed E-state index contributed by atoms with van der Waals surface area (Å²) < 4.78 is 18.4. The fourth-order valence-electron chi connectivity index (χ4n) is 1.08. The van der Waals surface area contributed by atoms with E-state index in [-0.39, 0.29) is 17.2 Å². The van der Waals surface area contributed by atoms with Gasteiger partial charge >= 0.3 is 0 Å². The van der Waals surface area contributed by atoms with E-state index < -0.39 is 5.82 Å². The van der Waals surface area contributed by atoms with Crippen LogP contribution >= 0.6 is 11.6 Å². The molecular formula is C11H15ClFNO. The predicted molar refractivity (Wildman–Crippen MR) is 59.3 cm³/mol. The summed E-state index contributed by atoms with van der Waals surface area (Å²) in [5.41, 5.74) is 5.99. The van der Waals surface area contributed by atoms with Crippen LogP contribution in [0.5, 0.6) is 0 Å². The zero-order valence-electron chi connectivity index (χ0n) is 8.89. The molecule has 0 heterocycles. The van der Waals surface area contributed by atoms with E-state index in [1.807, 2.05) is 13.8 Å². The SMILES string of the molecule is CC(C)(N)COCc1cccc(F)c1Cl. The summed E-state index contributed by atoms with van der Waals surface area (Å²) >= 11 is 5.76. The lowest BCUT2D eigenvalue weighted by Gasteiger charge is -2.18. The molecule has 0 saturated heterocycles. The third-order valence-corrected chi connectivity index (χ3v) is 2.19. The first-order valence-corrected chi connectivity index (χ1v) is 5.07. The van der Waals surface area contributed by atoms with Gasteiger partial charge in [0.1, 0.15) is 5.82 Å². The number of hydrogen-bond donors (Lipinski definition) is 1. The molecule has 2 N–H and O–H groups in total. The Kier molecular flexibility index (Phi) is 4.08. The van der Waals surface area contributed by atoms with Gasteiger partial charge in [0.05, 0.1) is 18.2 Å². The molecule has 2 nitrogen and oxygen atoms in total. The van der Waals surface area contributed by atoms with Gasteiger partial charge in [-0.2, -0.15) is 0 Å². The van der Waals surface area contributed by atoms with Crippen molar-refractivity contribution in [3.8, 4) is 0 Å². The van der Waals surface area contributed by atoms with Crippen LogP contribution in [0.2, 0.25) is 5.02 Å². The number of hydrogen-bond acceptors (Lipinski definition) is 2. The molecule has 0 aliphatic carbocycles. The number of halogens is 2. The van der Waals surface area contributed by atoms with Crippen LogP contribution in [0.15, 0.2) is 18.2 Å². The monoisotopic (exact) mass is 231 g/mol. The second-order valence-electron chi connectivity index (χ2n) is 4.19. The van der Waals surface area contributed by atoms with Crippen molar-refractivity contribution >= 4 is 11.6 Å². The summed E-state index contributed by atoms with van der Waals surface area (Å²) in [6.45, 7) is 4.40. The Labute approximate surface area is 94.2 Å². The zero-order chi connectivity index (χ0) is 11.5. The average Bonchev–Trinajstić information content (AvgIpc) is 2.10. The third-order valence-electron chi connectivity index (χ3n) is 1.76. The first-order chi connectivity index (χ1) is 6.90. The number of benzene rings is 1. The first kappa shape index (κ1) is 12.4. The van der Waals surface area contributed by atoms with Crippen LogP contribution in [0, 0.1) is 5.82 Å². The fourth-order valence-corrected chi connectivity index (χ4v) is 1.26. The molecule has 0 amide bonds. The Morgan fingerprint density at radius 2 is 2.13 bits per heavy atom. The molecule has 0 saturated carbocycles. The Balaban J connectivity index is 2.55. The Morgan fingerprint density at radius 1 is 1.47 bits per heavy atom. The van der Waals surface area contributed by atoms with Crippen molar-refractivity contribution in [2.45, 2.75) is 26.0 Å². The Bertz CT molecular complexity index is 336. The lowest BCUT2D eigenvalue weighted by Crippen LogP contribution is -2.37. The molecule has 0 aliphatic heterocycles. The first-order valence-electron chi connectivity index (χ1n) is 4.70. The number of rotatable bonds is 4. The van der Waals surface area contributed by atoms with Crippen molar-refractivity contribution in [3.63, 3.8) is 0 Å². The molecule has 0 atom stereocenters. The van der Waals surface area contributed by atoms with E-state index in [0.29, 0.717) is 12.2 Å². The van der Waals surface area contributed by atoms with Crippen LogP contribution < -0.4 is 5.73 Å². The van der Waals surface area contributed by atoms with E-state index in [1.165, 1.54) is 6.07 Å². The minimum atomic E-state index is -0.426. The van der Waals surface area contributed by atoms with Gasteiger partial charge in [0.2, 0.25) is 0 Å². The van der Waals surface area contributed by atoms with Crippen molar-refractivity contribution in [2.24, 2.45) is 5.73 Å². The molecule has 1 aromatic carbocycles. The lowest BCUT2D eigenvalue weighted by atomic mass is 10.1. The highest BCUT2D eigenvalue weighted by molar-refractivity contribution is 6.31. The Morgan fingerprint density at radius 3 is 2.73 bits per heavy atom. The highest BCUT2D eigenvalue weighted by Gasteiger charge is 2.11. The van der Waals surface area contributed by atoms with Crippen LogP contribution in [0.1, 0.15) is 19.4 Å². The second-order valence-corrected chi connectivity index (χ2v) is 4.57. The van der Waals surface area contributed by atoms with Gasteiger partial charge < -0.3 is 10.5 Å².